The number of carbonyl (C=O) groups excluding carboxylic acids is 1. The van der Waals surface area contributed by atoms with Crippen molar-refractivity contribution in [1.82, 2.24) is 15.3 Å². The number of aromatic nitrogens is 2. The highest BCUT2D eigenvalue weighted by atomic mass is 16.6. The molecule has 0 spiro atoms. The Labute approximate surface area is 132 Å². The van der Waals surface area contributed by atoms with Gasteiger partial charge in [0.25, 0.3) is 0 Å². The molecule has 0 unspecified atom stereocenters. The van der Waals surface area contributed by atoms with Crippen LogP contribution in [-0.2, 0) is 4.74 Å². The first kappa shape index (κ1) is 16.5. The van der Waals surface area contributed by atoms with Crippen LogP contribution in [0, 0.1) is 5.92 Å². The van der Waals surface area contributed by atoms with Crippen LogP contribution >= 0.6 is 0 Å². The first-order chi connectivity index (χ1) is 10.4. The Balaban J connectivity index is 1.65. The Morgan fingerprint density at radius 2 is 1.95 bits per heavy atom. The van der Waals surface area contributed by atoms with Crippen LogP contribution in [-0.4, -0.2) is 41.3 Å². The Kier molecular flexibility index (Phi) is 5.57. The van der Waals surface area contributed by atoms with E-state index in [1.54, 1.807) is 12.4 Å². The molecule has 1 aliphatic heterocycles. The van der Waals surface area contributed by atoms with Crippen molar-refractivity contribution < 1.29 is 9.53 Å². The molecule has 2 heterocycles. The smallest absolute Gasteiger partial charge is 0.407 e. The van der Waals surface area contributed by atoms with Gasteiger partial charge in [-0.05, 0) is 52.0 Å². The predicted molar refractivity (Wildman–Crippen MR) is 85.8 cm³/mol. The van der Waals surface area contributed by atoms with Gasteiger partial charge >= 0.3 is 6.09 Å². The maximum atomic E-state index is 11.6. The Bertz CT molecular complexity index is 465. The van der Waals surface area contributed by atoms with Gasteiger partial charge in [0.1, 0.15) is 5.60 Å². The second-order valence-electron chi connectivity index (χ2n) is 6.70. The first-order valence-electron chi connectivity index (χ1n) is 7.93. The minimum absolute atomic E-state index is 0.331. The minimum atomic E-state index is -0.439. The molecule has 1 N–H and O–H groups in total. The van der Waals surface area contributed by atoms with Crippen molar-refractivity contribution in [3.8, 4) is 0 Å². The third kappa shape index (κ3) is 5.50. The molecule has 0 radical (unpaired) electrons. The van der Waals surface area contributed by atoms with Gasteiger partial charge in [-0.25, -0.2) is 14.8 Å². The summed E-state index contributed by atoms with van der Waals surface area (Å²) in [5.41, 5.74) is -0.439. The molecular formula is C16H26N4O2. The van der Waals surface area contributed by atoms with Crippen LogP contribution in [0.15, 0.2) is 18.5 Å². The molecule has 1 amide bonds. The van der Waals surface area contributed by atoms with E-state index >= 15 is 0 Å². The molecule has 6 nitrogen and oxygen atoms in total. The quantitative estimate of drug-likeness (QED) is 0.926. The summed E-state index contributed by atoms with van der Waals surface area (Å²) in [7, 11) is 0. The van der Waals surface area contributed by atoms with Gasteiger partial charge in [-0.15, -0.1) is 0 Å². The molecule has 0 aliphatic carbocycles. The fourth-order valence-corrected chi connectivity index (χ4v) is 2.57. The van der Waals surface area contributed by atoms with E-state index in [1.807, 2.05) is 26.8 Å². The number of anilines is 1. The van der Waals surface area contributed by atoms with Crippen molar-refractivity contribution in [3.05, 3.63) is 18.5 Å². The molecule has 2 rings (SSSR count). The fourth-order valence-electron chi connectivity index (χ4n) is 2.57. The van der Waals surface area contributed by atoms with Crippen molar-refractivity contribution in [2.24, 2.45) is 5.92 Å². The first-order valence-corrected chi connectivity index (χ1v) is 7.93. The summed E-state index contributed by atoms with van der Waals surface area (Å²) in [4.78, 5) is 22.4. The number of hydrogen-bond acceptors (Lipinski definition) is 5. The van der Waals surface area contributed by atoms with Gasteiger partial charge in [-0.2, -0.15) is 0 Å². The van der Waals surface area contributed by atoms with Crippen LogP contribution in [0.5, 0.6) is 0 Å². The zero-order chi connectivity index (χ0) is 16.0. The lowest BCUT2D eigenvalue weighted by Crippen LogP contribution is -2.37. The molecule has 6 heteroatoms. The Hall–Kier alpha value is -1.85. The second kappa shape index (κ2) is 7.42. The van der Waals surface area contributed by atoms with E-state index in [9.17, 15) is 4.79 Å². The summed E-state index contributed by atoms with van der Waals surface area (Å²) in [6.45, 7) is 8.22. The fraction of sp³-hybridized carbons (Fsp3) is 0.688. The summed E-state index contributed by atoms with van der Waals surface area (Å²) in [6.07, 6.45) is 6.42. The largest absolute Gasteiger partial charge is 0.444 e. The van der Waals surface area contributed by atoms with Gasteiger partial charge < -0.3 is 15.0 Å². The summed E-state index contributed by atoms with van der Waals surface area (Å²) in [5, 5.41) is 2.83. The molecule has 1 fully saturated rings. The highest BCUT2D eigenvalue weighted by Crippen LogP contribution is 2.22. The van der Waals surface area contributed by atoms with Gasteiger partial charge in [0.2, 0.25) is 5.95 Å². The second-order valence-corrected chi connectivity index (χ2v) is 6.70. The number of nitrogens with one attached hydrogen (secondary N) is 1. The zero-order valence-electron chi connectivity index (χ0n) is 13.7. The number of nitrogens with zero attached hydrogens (tertiary/aromatic N) is 3. The number of piperidine rings is 1. The predicted octanol–water partition coefficient (Wildman–Crippen LogP) is 2.61. The molecule has 0 bridgehead atoms. The van der Waals surface area contributed by atoms with E-state index in [0.29, 0.717) is 12.5 Å². The van der Waals surface area contributed by atoms with Gasteiger partial charge in [-0.1, -0.05) is 0 Å². The van der Waals surface area contributed by atoms with Crippen molar-refractivity contribution in [3.63, 3.8) is 0 Å². The Morgan fingerprint density at radius 1 is 1.32 bits per heavy atom. The van der Waals surface area contributed by atoms with Crippen LogP contribution in [0.4, 0.5) is 10.7 Å². The molecule has 0 atom stereocenters. The van der Waals surface area contributed by atoms with Gasteiger partial charge in [-0.3, -0.25) is 0 Å². The standard InChI is InChI=1S/C16H26N4O2/c1-16(2,3)22-15(21)19-10-5-13-6-11-20(12-7-13)14-17-8-4-9-18-14/h4,8-9,13H,5-7,10-12H2,1-3H3,(H,19,21). The summed E-state index contributed by atoms with van der Waals surface area (Å²) in [6, 6.07) is 1.83. The van der Waals surface area contributed by atoms with E-state index in [1.165, 1.54) is 0 Å². The number of alkyl carbamates (subject to hydrolysis) is 1. The third-order valence-electron chi connectivity index (χ3n) is 3.67. The van der Waals surface area contributed by atoms with E-state index in [4.69, 9.17) is 4.74 Å². The van der Waals surface area contributed by atoms with Crippen molar-refractivity contribution in [2.45, 2.75) is 45.6 Å². The van der Waals surface area contributed by atoms with Gasteiger partial charge in [0.05, 0.1) is 0 Å². The number of ether oxygens (including phenoxy) is 1. The lowest BCUT2D eigenvalue weighted by molar-refractivity contribution is 0.0524. The van der Waals surface area contributed by atoms with E-state index < -0.39 is 5.60 Å². The zero-order valence-corrected chi connectivity index (χ0v) is 13.7. The number of rotatable bonds is 4. The highest BCUT2D eigenvalue weighted by molar-refractivity contribution is 5.67. The van der Waals surface area contributed by atoms with E-state index in [-0.39, 0.29) is 6.09 Å². The molecule has 22 heavy (non-hydrogen) atoms. The van der Waals surface area contributed by atoms with Crippen LogP contribution in [0.3, 0.4) is 0 Å². The maximum absolute atomic E-state index is 11.6. The molecule has 0 saturated carbocycles. The van der Waals surface area contributed by atoms with Crippen LogP contribution < -0.4 is 10.2 Å². The summed E-state index contributed by atoms with van der Waals surface area (Å²) >= 11 is 0. The summed E-state index contributed by atoms with van der Waals surface area (Å²) < 4.78 is 5.23. The Morgan fingerprint density at radius 3 is 2.55 bits per heavy atom. The van der Waals surface area contributed by atoms with Gasteiger partial charge in [0.15, 0.2) is 0 Å². The number of amides is 1. The van der Waals surface area contributed by atoms with Crippen molar-refractivity contribution in [2.75, 3.05) is 24.5 Å². The van der Waals surface area contributed by atoms with Crippen LogP contribution in [0.2, 0.25) is 0 Å². The molecule has 0 aromatic carbocycles. The lowest BCUT2D eigenvalue weighted by atomic mass is 9.94. The molecule has 122 valence electrons. The summed E-state index contributed by atoms with van der Waals surface area (Å²) in [5.74, 6) is 1.45. The molecule has 1 saturated heterocycles. The van der Waals surface area contributed by atoms with Crippen molar-refractivity contribution in [1.29, 1.82) is 0 Å². The van der Waals surface area contributed by atoms with E-state index in [2.05, 4.69) is 20.2 Å². The maximum Gasteiger partial charge on any atom is 0.407 e. The topological polar surface area (TPSA) is 67.3 Å². The highest BCUT2D eigenvalue weighted by Gasteiger charge is 2.21. The average molecular weight is 306 g/mol. The number of hydrogen-bond donors (Lipinski definition) is 1. The van der Waals surface area contributed by atoms with E-state index in [0.717, 1.165) is 38.3 Å². The molecule has 1 aromatic rings. The SMILES string of the molecule is CC(C)(C)OC(=O)NCCC1CCN(c2ncccn2)CC1. The van der Waals surface area contributed by atoms with Crippen LogP contribution in [0.1, 0.15) is 40.0 Å². The molecule has 1 aliphatic rings. The molecular weight excluding hydrogens is 280 g/mol. The number of carbonyl (C=O) groups is 1. The monoisotopic (exact) mass is 306 g/mol. The van der Waals surface area contributed by atoms with Crippen molar-refractivity contribution >= 4 is 12.0 Å². The van der Waals surface area contributed by atoms with Crippen LogP contribution in [0.25, 0.3) is 0 Å². The normalized spacial score (nSPS) is 16.4. The average Bonchev–Trinajstić information content (AvgIpc) is 2.47. The minimum Gasteiger partial charge on any atom is -0.444 e. The molecule has 1 aromatic heterocycles. The third-order valence-corrected chi connectivity index (χ3v) is 3.67. The van der Waals surface area contributed by atoms with Gasteiger partial charge in [0, 0.05) is 32.0 Å². The lowest BCUT2D eigenvalue weighted by Gasteiger charge is -2.32.